The molecule has 3 saturated carbocycles. The molecular formula is C28H37F2NO8. The molecule has 11 heteroatoms. The van der Waals surface area contributed by atoms with Crippen LogP contribution >= 0.6 is 0 Å². The number of halogens is 2. The predicted octanol–water partition coefficient (Wildman–Crippen LogP) is 4.35. The number of hydrogen-bond acceptors (Lipinski definition) is 8. The Morgan fingerprint density at radius 2 is 1.77 bits per heavy atom. The van der Waals surface area contributed by atoms with Gasteiger partial charge in [-0.05, 0) is 54.7 Å². The average Bonchev–Trinajstić information content (AvgIpc) is 3.33. The van der Waals surface area contributed by atoms with Gasteiger partial charge in [0.15, 0.2) is 0 Å². The van der Waals surface area contributed by atoms with Gasteiger partial charge in [0.25, 0.3) is 0 Å². The van der Waals surface area contributed by atoms with Gasteiger partial charge in [-0.1, -0.05) is 39.3 Å². The predicted molar refractivity (Wildman–Crippen MR) is 133 cm³/mol. The number of rotatable bonds is 9. The van der Waals surface area contributed by atoms with Crippen molar-refractivity contribution in [2.75, 3.05) is 0 Å². The first-order chi connectivity index (χ1) is 18.3. The molecule has 0 heterocycles. The topological polar surface area (TPSA) is 134 Å². The van der Waals surface area contributed by atoms with Crippen LogP contribution in [0.25, 0.3) is 0 Å². The van der Waals surface area contributed by atoms with Crippen molar-refractivity contribution in [1.29, 1.82) is 0 Å². The summed E-state index contributed by atoms with van der Waals surface area (Å²) < 4.78 is 50.3. The van der Waals surface area contributed by atoms with Crippen LogP contribution in [0.5, 0.6) is 0 Å². The molecule has 9 nitrogen and oxygen atoms in total. The summed E-state index contributed by atoms with van der Waals surface area (Å²) >= 11 is 0. The Bertz CT molecular complexity index is 1080. The van der Waals surface area contributed by atoms with E-state index in [-0.39, 0.29) is 25.0 Å². The molecule has 0 aliphatic heterocycles. The van der Waals surface area contributed by atoms with E-state index in [2.05, 4.69) is 20.8 Å². The molecule has 3 N–H and O–H groups in total. The van der Waals surface area contributed by atoms with E-state index < -0.39 is 59.3 Å². The summed E-state index contributed by atoms with van der Waals surface area (Å²) in [6.07, 6.45) is -1.32. The Hall–Kier alpha value is -2.79. The SMILES string of the molecule is CC(OC(=O)O[C@H]1C[C@@H](C)CC[C@@H]1C(C)C)OC(=O)C1(N)[C@H]2[C@@H](C[C@H]1OCc1ccc(F)cc1)[C@]2(F)C(=O)O. The Kier molecular flexibility index (Phi) is 8.23. The molecule has 3 aliphatic carbocycles. The highest BCUT2D eigenvalue weighted by Crippen LogP contribution is 2.67. The molecule has 3 fully saturated rings. The fourth-order valence-electron chi connectivity index (χ4n) is 6.39. The second-order valence-electron chi connectivity index (χ2n) is 11.6. The van der Waals surface area contributed by atoms with Gasteiger partial charge >= 0.3 is 18.1 Å². The summed E-state index contributed by atoms with van der Waals surface area (Å²) in [4.78, 5) is 37.4. The highest BCUT2D eigenvalue weighted by molar-refractivity contribution is 5.91. The average molecular weight is 554 g/mol. The van der Waals surface area contributed by atoms with Gasteiger partial charge in [0.2, 0.25) is 12.0 Å². The third-order valence-electron chi connectivity index (χ3n) is 8.59. The van der Waals surface area contributed by atoms with Crippen LogP contribution in [0.15, 0.2) is 24.3 Å². The lowest BCUT2D eigenvalue weighted by Gasteiger charge is -2.36. The van der Waals surface area contributed by atoms with Gasteiger partial charge in [-0.15, -0.1) is 0 Å². The van der Waals surface area contributed by atoms with Crippen molar-refractivity contribution in [1.82, 2.24) is 0 Å². The normalized spacial score (nSPS) is 36.1. The maximum absolute atomic E-state index is 15.2. The minimum absolute atomic E-state index is 0.0712. The molecular weight excluding hydrogens is 516 g/mol. The third-order valence-corrected chi connectivity index (χ3v) is 8.59. The van der Waals surface area contributed by atoms with Gasteiger partial charge in [0.05, 0.1) is 12.7 Å². The number of fused-ring (bicyclic) bond motifs is 1. The molecule has 3 aliphatic rings. The zero-order valence-electron chi connectivity index (χ0n) is 22.6. The first-order valence-electron chi connectivity index (χ1n) is 13.4. The van der Waals surface area contributed by atoms with Crippen LogP contribution in [-0.4, -0.2) is 52.9 Å². The van der Waals surface area contributed by atoms with Gasteiger partial charge in [-0.2, -0.15) is 0 Å². The first kappa shape index (κ1) is 29.2. The zero-order valence-corrected chi connectivity index (χ0v) is 22.6. The Morgan fingerprint density at radius 3 is 2.38 bits per heavy atom. The fraction of sp³-hybridized carbons (Fsp3) is 0.679. The first-order valence-corrected chi connectivity index (χ1v) is 13.4. The number of carboxylic acids is 1. The van der Waals surface area contributed by atoms with E-state index in [0.29, 0.717) is 23.8 Å². The molecule has 0 aromatic heterocycles. The molecule has 0 saturated heterocycles. The molecule has 1 aromatic rings. The summed E-state index contributed by atoms with van der Waals surface area (Å²) in [6.45, 7) is 7.44. The minimum Gasteiger partial charge on any atom is -0.479 e. The van der Waals surface area contributed by atoms with Crippen LogP contribution in [0.1, 0.15) is 58.9 Å². The standard InChI is InChI=1S/C28H37F2NO8/c1-14(2)19-10-5-15(3)11-21(19)39-26(35)38-16(4)37-25(34)28(31)22(12-20-23(28)27(20,30)24(32)33)36-13-17-6-8-18(29)9-7-17/h6-9,14-16,19-23H,5,10-13,31H2,1-4H3,(H,32,33)/t15-,16?,19+,20+,21-,22+,23-,27+,28?/m0/s1. The van der Waals surface area contributed by atoms with E-state index in [1.165, 1.54) is 31.2 Å². The van der Waals surface area contributed by atoms with Crippen LogP contribution < -0.4 is 5.73 Å². The highest BCUT2D eigenvalue weighted by Gasteiger charge is 2.85. The number of carbonyl (C=O) groups is 3. The fourth-order valence-corrected chi connectivity index (χ4v) is 6.39. The van der Waals surface area contributed by atoms with Gasteiger partial charge in [-0.25, -0.2) is 23.2 Å². The van der Waals surface area contributed by atoms with E-state index in [0.717, 1.165) is 12.8 Å². The zero-order chi connectivity index (χ0) is 28.7. The molecule has 4 rings (SSSR count). The van der Waals surface area contributed by atoms with Crippen molar-refractivity contribution in [2.45, 2.75) is 89.7 Å². The molecule has 1 aromatic carbocycles. The Labute approximate surface area is 226 Å². The summed E-state index contributed by atoms with van der Waals surface area (Å²) in [5, 5.41) is 9.44. The monoisotopic (exact) mass is 553 g/mol. The quantitative estimate of drug-likeness (QED) is 0.338. The number of benzene rings is 1. The lowest BCUT2D eigenvalue weighted by Crippen LogP contribution is -2.61. The molecule has 216 valence electrons. The summed E-state index contributed by atoms with van der Waals surface area (Å²) in [5.74, 6) is -4.86. The lowest BCUT2D eigenvalue weighted by atomic mass is 9.75. The van der Waals surface area contributed by atoms with Crippen molar-refractivity contribution in [3.63, 3.8) is 0 Å². The van der Waals surface area contributed by atoms with E-state index >= 15 is 4.39 Å². The number of carboxylic acid groups (broad SMARTS) is 1. The molecule has 2 unspecified atom stereocenters. The lowest BCUT2D eigenvalue weighted by molar-refractivity contribution is -0.184. The van der Waals surface area contributed by atoms with Gasteiger partial charge < -0.3 is 29.8 Å². The Morgan fingerprint density at radius 1 is 1.10 bits per heavy atom. The summed E-state index contributed by atoms with van der Waals surface area (Å²) in [7, 11) is 0. The van der Waals surface area contributed by atoms with Crippen molar-refractivity contribution in [2.24, 2.45) is 35.3 Å². The van der Waals surface area contributed by atoms with Crippen molar-refractivity contribution in [3.05, 3.63) is 35.6 Å². The van der Waals surface area contributed by atoms with Crippen LogP contribution in [0, 0.1) is 35.4 Å². The second-order valence-corrected chi connectivity index (χ2v) is 11.6. The number of alkyl halides is 1. The van der Waals surface area contributed by atoms with Crippen LogP contribution in [-0.2, 0) is 35.1 Å². The number of carbonyl (C=O) groups excluding carboxylic acids is 2. The van der Waals surface area contributed by atoms with Gasteiger partial charge in [-0.3, -0.25) is 0 Å². The van der Waals surface area contributed by atoms with Crippen molar-refractivity contribution >= 4 is 18.1 Å². The minimum atomic E-state index is -2.70. The number of hydrogen-bond donors (Lipinski definition) is 2. The highest BCUT2D eigenvalue weighted by atomic mass is 19.1. The van der Waals surface area contributed by atoms with Crippen molar-refractivity contribution in [3.8, 4) is 0 Å². The van der Waals surface area contributed by atoms with E-state index in [1.54, 1.807) is 0 Å². The second kappa shape index (κ2) is 11.0. The molecule has 0 amide bonds. The largest absolute Gasteiger partial charge is 0.511 e. The van der Waals surface area contributed by atoms with E-state index in [4.69, 9.17) is 24.7 Å². The Balaban J connectivity index is 1.41. The van der Waals surface area contributed by atoms with Gasteiger partial charge in [0.1, 0.15) is 17.5 Å². The van der Waals surface area contributed by atoms with E-state index in [9.17, 15) is 23.9 Å². The van der Waals surface area contributed by atoms with Gasteiger partial charge in [0, 0.05) is 18.8 Å². The van der Waals surface area contributed by atoms with E-state index in [1.807, 2.05) is 0 Å². The number of ether oxygens (including phenoxy) is 4. The maximum Gasteiger partial charge on any atom is 0.511 e. The van der Waals surface area contributed by atoms with Crippen LogP contribution in [0.4, 0.5) is 13.6 Å². The number of aliphatic carboxylic acids is 1. The molecule has 0 bridgehead atoms. The smallest absolute Gasteiger partial charge is 0.479 e. The van der Waals surface area contributed by atoms with Crippen LogP contribution in [0.3, 0.4) is 0 Å². The molecule has 0 radical (unpaired) electrons. The molecule has 9 atom stereocenters. The van der Waals surface area contributed by atoms with Crippen molar-refractivity contribution < 1.29 is 47.2 Å². The molecule has 0 spiro atoms. The molecule has 39 heavy (non-hydrogen) atoms. The maximum atomic E-state index is 15.2. The summed E-state index contributed by atoms with van der Waals surface area (Å²) in [5.41, 5.74) is 2.12. The summed E-state index contributed by atoms with van der Waals surface area (Å²) in [6, 6.07) is 5.44. The van der Waals surface area contributed by atoms with Crippen LogP contribution in [0.2, 0.25) is 0 Å². The third kappa shape index (κ3) is 5.61. The number of esters is 1. The number of nitrogens with two attached hydrogens (primary N) is 1.